The van der Waals surface area contributed by atoms with Crippen molar-refractivity contribution in [1.82, 2.24) is 0 Å². The van der Waals surface area contributed by atoms with Gasteiger partial charge in [-0.3, -0.25) is 0 Å². The molecule has 6 nitrogen and oxygen atoms in total. The minimum Gasteiger partial charge on any atom is -0.394 e. The molecule has 2 rings (SSSR count). The van der Waals surface area contributed by atoms with Crippen LogP contribution in [-0.4, -0.2) is 67.3 Å². The first-order valence-electron chi connectivity index (χ1n) is 5.49. The lowest BCUT2D eigenvalue weighted by Gasteiger charge is -2.61. The maximum atomic E-state index is 10.3. The van der Waals surface area contributed by atoms with Crippen LogP contribution in [0, 0.1) is 0 Å². The molecule has 0 saturated heterocycles. The Morgan fingerprint density at radius 3 is 2.44 bits per heavy atom. The van der Waals surface area contributed by atoms with E-state index in [1.165, 1.54) is 11.3 Å². The number of rotatable bonds is 4. The second kappa shape index (κ2) is 4.53. The minimum atomic E-state index is -2.07. The molecule has 1 aromatic heterocycles. The van der Waals surface area contributed by atoms with Crippen molar-refractivity contribution in [2.24, 2.45) is 0 Å². The van der Waals surface area contributed by atoms with Crippen LogP contribution in [0.3, 0.4) is 0 Å². The number of thiophene rings is 1. The van der Waals surface area contributed by atoms with Gasteiger partial charge in [0.25, 0.3) is 0 Å². The largest absolute Gasteiger partial charge is 0.394 e. The van der Waals surface area contributed by atoms with E-state index in [0.29, 0.717) is 4.88 Å². The lowest BCUT2D eigenvalue weighted by Crippen LogP contribution is -2.81. The van der Waals surface area contributed by atoms with Crippen molar-refractivity contribution < 1.29 is 30.6 Å². The van der Waals surface area contributed by atoms with Crippen molar-refractivity contribution in [3.63, 3.8) is 0 Å². The van der Waals surface area contributed by atoms with Crippen molar-refractivity contribution in [2.45, 2.75) is 29.3 Å². The molecule has 1 saturated carbocycles. The van der Waals surface area contributed by atoms with Crippen molar-refractivity contribution >= 4 is 11.3 Å². The van der Waals surface area contributed by atoms with Crippen LogP contribution >= 0.6 is 11.3 Å². The first-order chi connectivity index (χ1) is 8.42. The molecule has 0 amide bonds. The van der Waals surface area contributed by atoms with Gasteiger partial charge in [0.1, 0.15) is 23.4 Å². The zero-order chi connectivity index (χ0) is 13.6. The van der Waals surface area contributed by atoms with Crippen LogP contribution in [0.25, 0.3) is 0 Å². The van der Waals surface area contributed by atoms with Gasteiger partial charge >= 0.3 is 0 Å². The zero-order valence-electron chi connectivity index (χ0n) is 9.47. The van der Waals surface area contributed by atoms with Crippen LogP contribution in [-0.2, 0) is 0 Å². The van der Waals surface area contributed by atoms with E-state index in [4.69, 9.17) is 5.11 Å². The number of aliphatic hydroxyl groups excluding tert-OH is 4. The van der Waals surface area contributed by atoms with Crippen LogP contribution in [0.1, 0.15) is 10.8 Å². The first-order valence-corrected chi connectivity index (χ1v) is 6.36. The molecule has 1 aliphatic carbocycles. The van der Waals surface area contributed by atoms with E-state index >= 15 is 0 Å². The van der Waals surface area contributed by atoms with E-state index in [-0.39, 0.29) is 0 Å². The topological polar surface area (TPSA) is 121 Å². The molecule has 0 bridgehead atoms. The lowest BCUT2D eigenvalue weighted by molar-refractivity contribution is -0.326. The Hall–Kier alpha value is -0.540. The fraction of sp³-hybridized carbons (Fsp3) is 0.636. The highest BCUT2D eigenvalue weighted by molar-refractivity contribution is 7.10. The predicted octanol–water partition coefficient (Wildman–Crippen LogP) is -1.99. The molecule has 0 aromatic carbocycles. The molecule has 102 valence electrons. The Balaban J connectivity index is 2.42. The van der Waals surface area contributed by atoms with Gasteiger partial charge in [-0.1, -0.05) is 6.07 Å². The molecular formula is C11H16O6S. The van der Waals surface area contributed by atoms with Gasteiger partial charge in [-0.05, 0) is 11.4 Å². The smallest absolute Gasteiger partial charge is 0.132 e. The summed E-state index contributed by atoms with van der Waals surface area (Å²) in [6.45, 7) is -1.51. The summed E-state index contributed by atoms with van der Waals surface area (Å²) in [6.07, 6.45) is -3.34. The Labute approximate surface area is 107 Å². The van der Waals surface area contributed by atoms with Crippen LogP contribution in [0.4, 0.5) is 0 Å². The summed E-state index contributed by atoms with van der Waals surface area (Å²) in [6, 6.07) is 3.31. The Kier molecular flexibility index (Phi) is 3.50. The normalized spacial score (nSPS) is 41.4. The molecule has 5 atom stereocenters. The van der Waals surface area contributed by atoms with Crippen molar-refractivity contribution in [1.29, 1.82) is 0 Å². The third-order valence-corrected chi connectivity index (χ3v) is 4.60. The molecule has 0 spiro atoms. The molecular weight excluding hydrogens is 260 g/mol. The molecule has 18 heavy (non-hydrogen) atoms. The average Bonchev–Trinajstić information content (AvgIpc) is 2.89. The van der Waals surface area contributed by atoms with Crippen molar-refractivity contribution in [2.75, 3.05) is 13.2 Å². The van der Waals surface area contributed by atoms with E-state index in [9.17, 15) is 25.5 Å². The summed E-state index contributed by atoms with van der Waals surface area (Å²) in [5.41, 5.74) is -3.99. The third kappa shape index (κ3) is 1.56. The summed E-state index contributed by atoms with van der Waals surface area (Å²) in [5, 5.41) is 59.8. The molecule has 1 fully saturated rings. The van der Waals surface area contributed by atoms with Gasteiger partial charge in [0, 0.05) is 4.88 Å². The first kappa shape index (κ1) is 13.9. The van der Waals surface area contributed by atoms with Crippen molar-refractivity contribution in [3.8, 4) is 0 Å². The van der Waals surface area contributed by atoms with E-state index in [1.54, 1.807) is 17.5 Å². The quantitative estimate of drug-likeness (QED) is 0.379. The molecule has 1 unspecified atom stereocenters. The van der Waals surface area contributed by atoms with Crippen LogP contribution in [0.5, 0.6) is 0 Å². The monoisotopic (exact) mass is 276 g/mol. The summed E-state index contributed by atoms with van der Waals surface area (Å²) in [7, 11) is 0. The SMILES string of the molecule is OC[C@@H](O)[C@]1(O)C(c2cccs2)[C@](O)(CO)[C@H]1O. The Morgan fingerprint density at radius 1 is 1.33 bits per heavy atom. The fourth-order valence-electron chi connectivity index (χ4n) is 2.65. The second-order valence-electron chi connectivity index (χ2n) is 4.59. The van der Waals surface area contributed by atoms with Gasteiger partial charge in [0.05, 0.1) is 19.1 Å². The van der Waals surface area contributed by atoms with Gasteiger partial charge in [-0.15, -0.1) is 11.3 Å². The van der Waals surface area contributed by atoms with Gasteiger partial charge in [0.15, 0.2) is 0 Å². The summed E-state index contributed by atoms with van der Waals surface area (Å²) < 4.78 is 0. The number of hydrogen-bond donors (Lipinski definition) is 6. The van der Waals surface area contributed by atoms with Gasteiger partial charge in [-0.25, -0.2) is 0 Å². The lowest BCUT2D eigenvalue weighted by atomic mass is 9.53. The van der Waals surface area contributed by atoms with E-state index < -0.39 is 42.5 Å². The molecule has 1 aromatic rings. The van der Waals surface area contributed by atoms with E-state index in [1.807, 2.05) is 0 Å². The number of aliphatic hydroxyl groups is 6. The van der Waals surface area contributed by atoms with Gasteiger partial charge in [0.2, 0.25) is 0 Å². The zero-order valence-corrected chi connectivity index (χ0v) is 10.3. The average molecular weight is 276 g/mol. The van der Waals surface area contributed by atoms with Crippen LogP contribution < -0.4 is 0 Å². The molecule has 0 radical (unpaired) electrons. The Morgan fingerprint density at radius 2 is 2.00 bits per heavy atom. The highest BCUT2D eigenvalue weighted by atomic mass is 32.1. The molecule has 0 aliphatic heterocycles. The summed E-state index contributed by atoms with van der Waals surface area (Å²) in [5.74, 6) is -1.05. The molecule has 6 N–H and O–H groups in total. The second-order valence-corrected chi connectivity index (χ2v) is 5.57. The molecule has 7 heteroatoms. The van der Waals surface area contributed by atoms with Gasteiger partial charge < -0.3 is 30.6 Å². The van der Waals surface area contributed by atoms with E-state index in [2.05, 4.69) is 0 Å². The summed E-state index contributed by atoms with van der Waals surface area (Å²) in [4.78, 5) is 0.520. The fourth-order valence-corrected chi connectivity index (χ4v) is 3.65. The standard InChI is InChI=1S/C11H16O6S/c12-4-7(14)11(17)8(6-2-1-3-18-6)10(16,5-13)9(11)15/h1-3,7-9,12-17H,4-5H2/t7-,8?,9-,10-,11+/m1/s1. The summed E-state index contributed by atoms with van der Waals surface area (Å²) >= 11 is 1.22. The van der Waals surface area contributed by atoms with Crippen LogP contribution in [0.2, 0.25) is 0 Å². The maximum absolute atomic E-state index is 10.3. The molecule has 1 aliphatic rings. The highest BCUT2D eigenvalue weighted by Crippen LogP contribution is 2.55. The van der Waals surface area contributed by atoms with E-state index in [0.717, 1.165) is 0 Å². The van der Waals surface area contributed by atoms with Crippen LogP contribution in [0.15, 0.2) is 17.5 Å². The van der Waals surface area contributed by atoms with Crippen molar-refractivity contribution in [3.05, 3.63) is 22.4 Å². The Bertz CT molecular complexity index is 410. The third-order valence-electron chi connectivity index (χ3n) is 3.66. The minimum absolute atomic E-state index is 0.520. The highest BCUT2D eigenvalue weighted by Gasteiger charge is 2.73. The number of hydrogen-bond acceptors (Lipinski definition) is 7. The predicted molar refractivity (Wildman–Crippen MR) is 63.1 cm³/mol. The maximum Gasteiger partial charge on any atom is 0.132 e. The van der Waals surface area contributed by atoms with Gasteiger partial charge in [-0.2, -0.15) is 0 Å². The molecule has 1 heterocycles.